The predicted molar refractivity (Wildman–Crippen MR) is 144 cm³/mol. The molecule has 5 nitrogen and oxygen atoms in total. The molecule has 9 heteroatoms. The fraction of sp³-hybridized carbons (Fsp3) is 0.367. The van der Waals surface area contributed by atoms with Gasteiger partial charge in [-0.05, 0) is 81.8 Å². The number of esters is 1. The number of nitrogens with one attached hydrogen (secondary N) is 1. The molecule has 3 atom stereocenters. The molecule has 1 aliphatic carbocycles. The number of halogens is 4. The zero-order chi connectivity index (χ0) is 28.5. The summed E-state index contributed by atoms with van der Waals surface area (Å²) in [7, 11) is 0. The summed E-state index contributed by atoms with van der Waals surface area (Å²) in [6, 6.07) is 11.6. The van der Waals surface area contributed by atoms with Crippen molar-refractivity contribution in [3.8, 4) is 11.1 Å². The molecule has 0 radical (unpaired) electrons. The molecule has 1 fully saturated rings. The highest BCUT2D eigenvalue weighted by Crippen LogP contribution is 2.45. The number of carbonyl (C=O) groups is 2. The first kappa shape index (κ1) is 28.6. The van der Waals surface area contributed by atoms with Crippen LogP contribution in [0.15, 0.2) is 54.7 Å². The van der Waals surface area contributed by atoms with Crippen molar-refractivity contribution in [2.24, 2.45) is 11.8 Å². The highest BCUT2D eigenvalue weighted by Gasteiger charge is 2.37. The number of benzene rings is 2. The van der Waals surface area contributed by atoms with E-state index in [1.54, 1.807) is 51.1 Å². The fourth-order valence-electron chi connectivity index (χ4n) is 4.45. The second-order valence-corrected chi connectivity index (χ2v) is 11.3. The topological polar surface area (TPSA) is 68.3 Å². The van der Waals surface area contributed by atoms with Crippen LogP contribution >= 0.6 is 11.6 Å². The Morgan fingerprint density at radius 2 is 1.77 bits per heavy atom. The Bertz CT molecular complexity index is 1360. The van der Waals surface area contributed by atoms with Gasteiger partial charge in [-0.25, -0.2) is 18.0 Å². The minimum Gasteiger partial charge on any atom is -0.456 e. The van der Waals surface area contributed by atoms with E-state index in [-0.39, 0.29) is 22.1 Å². The Labute approximate surface area is 230 Å². The summed E-state index contributed by atoms with van der Waals surface area (Å²) < 4.78 is 47.2. The third-order valence-corrected chi connectivity index (χ3v) is 7.00. The molecule has 1 aliphatic rings. The molecule has 3 aromatic rings. The first-order chi connectivity index (χ1) is 18.3. The lowest BCUT2D eigenvalue weighted by molar-refractivity contribution is -0.117. The van der Waals surface area contributed by atoms with Crippen molar-refractivity contribution in [1.82, 2.24) is 4.98 Å². The summed E-state index contributed by atoms with van der Waals surface area (Å²) >= 11 is 5.85. The van der Waals surface area contributed by atoms with Gasteiger partial charge in [0.15, 0.2) is 0 Å². The molecule has 1 aromatic heterocycles. The number of pyridine rings is 1. The molecule has 206 valence electrons. The van der Waals surface area contributed by atoms with Crippen LogP contribution in [0.3, 0.4) is 0 Å². The van der Waals surface area contributed by atoms with E-state index in [0.717, 1.165) is 18.6 Å². The van der Waals surface area contributed by atoms with Crippen LogP contribution in [0.5, 0.6) is 0 Å². The van der Waals surface area contributed by atoms with E-state index in [2.05, 4.69) is 17.2 Å². The van der Waals surface area contributed by atoms with E-state index < -0.39 is 35.3 Å². The van der Waals surface area contributed by atoms with E-state index in [0.29, 0.717) is 35.2 Å². The van der Waals surface area contributed by atoms with Gasteiger partial charge in [-0.15, -0.1) is 0 Å². The van der Waals surface area contributed by atoms with Gasteiger partial charge in [-0.3, -0.25) is 9.78 Å². The second kappa shape index (κ2) is 11.4. The van der Waals surface area contributed by atoms with Crippen LogP contribution in [0.1, 0.15) is 74.5 Å². The lowest BCUT2D eigenvalue weighted by atomic mass is 9.94. The van der Waals surface area contributed by atoms with Gasteiger partial charge in [-0.2, -0.15) is 0 Å². The number of nitrogens with zero attached hydrogens (tertiary/aromatic N) is 1. The first-order valence-electron chi connectivity index (χ1n) is 12.7. The minimum atomic E-state index is -2.90. The normalized spacial score (nSPS) is 17.6. The maximum Gasteiger partial charge on any atom is 0.338 e. The van der Waals surface area contributed by atoms with Crippen LogP contribution in [0.4, 0.5) is 18.9 Å². The van der Waals surface area contributed by atoms with Gasteiger partial charge < -0.3 is 10.1 Å². The number of alkyl halides is 2. The second-order valence-electron chi connectivity index (χ2n) is 10.9. The lowest BCUT2D eigenvalue weighted by Gasteiger charge is -2.20. The maximum absolute atomic E-state index is 14.7. The molecule has 1 amide bonds. The number of rotatable bonds is 8. The number of hydrogen-bond acceptors (Lipinski definition) is 4. The quantitative estimate of drug-likeness (QED) is 0.283. The van der Waals surface area contributed by atoms with Crippen LogP contribution < -0.4 is 5.32 Å². The minimum absolute atomic E-state index is 0.144. The molecule has 1 heterocycles. The predicted octanol–water partition coefficient (Wildman–Crippen LogP) is 8.20. The molecule has 1 N–H and O–H groups in total. The molecule has 2 aromatic carbocycles. The average molecular weight is 559 g/mol. The first-order valence-corrected chi connectivity index (χ1v) is 13.1. The summed E-state index contributed by atoms with van der Waals surface area (Å²) in [4.78, 5) is 30.0. The molecular weight excluding hydrogens is 529 g/mol. The smallest absolute Gasteiger partial charge is 0.338 e. The van der Waals surface area contributed by atoms with Gasteiger partial charge in [0.1, 0.15) is 11.4 Å². The Hall–Kier alpha value is -3.39. The van der Waals surface area contributed by atoms with Crippen LogP contribution in [0.2, 0.25) is 5.02 Å². The molecule has 3 unspecified atom stereocenters. The Morgan fingerprint density at radius 3 is 2.31 bits per heavy atom. The van der Waals surface area contributed by atoms with Gasteiger partial charge in [0.05, 0.1) is 22.2 Å². The largest absolute Gasteiger partial charge is 0.456 e. The van der Waals surface area contributed by atoms with E-state index in [4.69, 9.17) is 16.3 Å². The number of amides is 1. The number of carbonyl (C=O) groups excluding carboxylic acids is 2. The SMILES string of the molecule is CC1CC1CC(C(=O)Nc1ccc(C(=O)OC(C)(C)C)cc1)c1ccc(-c2c(C(F)F)ccc(Cl)c2F)cn1. The van der Waals surface area contributed by atoms with Crippen molar-refractivity contribution in [2.75, 3.05) is 5.32 Å². The highest BCUT2D eigenvalue weighted by atomic mass is 35.5. The zero-order valence-electron chi connectivity index (χ0n) is 22.1. The van der Waals surface area contributed by atoms with Crippen molar-refractivity contribution >= 4 is 29.2 Å². The van der Waals surface area contributed by atoms with Crippen LogP contribution in [0.25, 0.3) is 11.1 Å². The number of ether oxygens (including phenoxy) is 1. The average Bonchev–Trinajstić information content (AvgIpc) is 3.57. The van der Waals surface area contributed by atoms with Crippen molar-refractivity contribution in [3.05, 3.63) is 82.4 Å². The number of hydrogen-bond donors (Lipinski definition) is 1. The third-order valence-electron chi connectivity index (χ3n) is 6.71. The lowest BCUT2D eigenvalue weighted by Crippen LogP contribution is -2.24. The monoisotopic (exact) mass is 558 g/mol. The zero-order valence-corrected chi connectivity index (χ0v) is 22.9. The van der Waals surface area contributed by atoms with E-state index in [1.807, 2.05) is 0 Å². The van der Waals surface area contributed by atoms with Crippen LogP contribution in [0, 0.1) is 17.7 Å². The van der Waals surface area contributed by atoms with Gasteiger partial charge in [0.25, 0.3) is 6.43 Å². The van der Waals surface area contributed by atoms with Crippen LogP contribution in [-0.2, 0) is 9.53 Å². The highest BCUT2D eigenvalue weighted by molar-refractivity contribution is 6.31. The molecule has 39 heavy (non-hydrogen) atoms. The summed E-state index contributed by atoms with van der Waals surface area (Å²) in [5, 5.41) is 2.61. The van der Waals surface area contributed by atoms with Crippen LogP contribution in [-0.4, -0.2) is 22.5 Å². The van der Waals surface area contributed by atoms with E-state index >= 15 is 0 Å². The Kier molecular flexibility index (Phi) is 8.35. The van der Waals surface area contributed by atoms with Crippen molar-refractivity contribution in [1.29, 1.82) is 0 Å². The van der Waals surface area contributed by atoms with Gasteiger partial charge in [0.2, 0.25) is 5.91 Å². The van der Waals surface area contributed by atoms with Crippen molar-refractivity contribution in [2.45, 2.75) is 58.5 Å². The molecule has 4 rings (SSSR count). The third kappa shape index (κ3) is 6.98. The van der Waals surface area contributed by atoms with E-state index in [9.17, 15) is 22.8 Å². The summed E-state index contributed by atoms with van der Waals surface area (Å²) in [5.74, 6) is -1.47. The number of anilines is 1. The van der Waals surface area contributed by atoms with E-state index in [1.165, 1.54) is 12.3 Å². The standard InChI is InChI=1S/C30H30ClF3N2O3/c1-16-13-19(16)14-22(28(37)36-20-8-5-17(6-9-20)29(38)39-30(2,3)4)24-12-7-18(15-35-24)25-21(27(33)34)10-11-23(31)26(25)32/h5-12,15-16,19,22,27H,13-14H2,1-4H3,(H,36,37). The Morgan fingerprint density at radius 1 is 1.10 bits per heavy atom. The van der Waals surface area contributed by atoms with Gasteiger partial charge in [-0.1, -0.05) is 30.7 Å². The summed E-state index contributed by atoms with van der Waals surface area (Å²) in [5.41, 5.74) is 0.0350. The van der Waals surface area contributed by atoms with Crippen molar-refractivity contribution < 1.29 is 27.5 Å². The molecule has 0 aliphatic heterocycles. The molecule has 1 saturated carbocycles. The van der Waals surface area contributed by atoms with Crippen molar-refractivity contribution in [3.63, 3.8) is 0 Å². The van der Waals surface area contributed by atoms with Gasteiger partial charge >= 0.3 is 5.97 Å². The molecule has 0 bridgehead atoms. The summed E-state index contributed by atoms with van der Waals surface area (Å²) in [6.07, 6.45) is -0.0495. The molecular formula is C30H30ClF3N2O3. The molecule has 0 spiro atoms. The fourth-order valence-corrected chi connectivity index (χ4v) is 4.61. The molecule has 0 saturated heterocycles. The number of aromatic nitrogens is 1. The van der Waals surface area contributed by atoms with Gasteiger partial charge in [0, 0.05) is 28.6 Å². The maximum atomic E-state index is 14.7. The summed E-state index contributed by atoms with van der Waals surface area (Å²) in [6.45, 7) is 7.46. The Balaban J connectivity index is 1.56.